The van der Waals surface area contributed by atoms with E-state index in [1.807, 2.05) is 13.0 Å². The first-order valence-electron chi connectivity index (χ1n) is 7.57. The number of Topliss-reactive ketones (excluding diaryl/α,β-unsaturated/α-hetero) is 2. The molecule has 0 fully saturated rings. The Balaban J connectivity index is 2.32. The van der Waals surface area contributed by atoms with Crippen LogP contribution < -0.4 is 0 Å². The van der Waals surface area contributed by atoms with Gasteiger partial charge in [0.15, 0.2) is 11.5 Å². The Hall–Kier alpha value is -1.90. The highest BCUT2D eigenvalue weighted by atomic mass is 16.5. The van der Waals surface area contributed by atoms with Crippen molar-refractivity contribution in [2.75, 3.05) is 7.11 Å². The maximum absolute atomic E-state index is 12.6. The number of fused-ring (bicyclic) bond motifs is 1. The molecule has 0 N–H and O–H groups in total. The second-order valence-corrected chi connectivity index (χ2v) is 5.53. The topological polar surface area (TPSA) is 43.4 Å². The van der Waals surface area contributed by atoms with Gasteiger partial charge in [-0.2, -0.15) is 0 Å². The number of unbranched alkanes of at least 4 members (excludes halogenated alkanes) is 3. The molecule has 0 amide bonds. The fourth-order valence-electron chi connectivity index (χ4n) is 2.74. The molecule has 0 bridgehead atoms. The number of aryl methyl sites for hydroxylation is 1. The van der Waals surface area contributed by atoms with Crippen molar-refractivity contribution in [2.45, 2.75) is 46.0 Å². The van der Waals surface area contributed by atoms with E-state index >= 15 is 0 Å². The van der Waals surface area contributed by atoms with Crippen LogP contribution in [0.4, 0.5) is 0 Å². The summed E-state index contributed by atoms with van der Waals surface area (Å²) in [6.07, 6.45) is 4.88. The predicted molar refractivity (Wildman–Crippen MR) is 82.6 cm³/mol. The van der Waals surface area contributed by atoms with Crippen LogP contribution in [0.3, 0.4) is 0 Å². The minimum Gasteiger partial charge on any atom is -0.492 e. The molecule has 2 rings (SSSR count). The lowest BCUT2D eigenvalue weighted by Gasteiger charge is -2.20. The molecule has 21 heavy (non-hydrogen) atoms. The molecule has 0 atom stereocenters. The van der Waals surface area contributed by atoms with E-state index in [0.29, 0.717) is 23.1 Å². The van der Waals surface area contributed by atoms with Crippen molar-refractivity contribution in [2.24, 2.45) is 0 Å². The van der Waals surface area contributed by atoms with Gasteiger partial charge in [0.1, 0.15) is 0 Å². The summed E-state index contributed by atoms with van der Waals surface area (Å²) in [4.78, 5) is 25.1. The van der Waals surface area contributed by atoms with Crippen LogP contribution in [0.5, 0.6) is 0 Å². The van der Waals surface area contributed by atoms with Crippen molar-refractivity contribution in [1.82, 2.24) is 0 Å². The molecule has 0 spiro atoms. The van der Waals surface area contributed by atoms with Gasteiger partial charge in [-0.15, -0.1) is 0 Å². The Morgan fingerprint density at radius 3 is 2.43 bits per heavy atom. The lowest BCUT2D eigenvalue weighted by atomic mass is 9.85. The third-order valence-corrected chi connectivity index (χ3v) is 3.90. The van der Waals surface area contributed by atoms with Gasteiger partial charge in [-0.25, -0.2) is 0 Å². The van der Waals surface area contributed by atoms with E-state index in [0.717, 1.165) is 31.2 Å². The lowest BCUT2D eigenvalue weighted by Crippen LogP contribution is -2.23. The summed E-state index contributed by atoms with van der Waals surface area (Å²) >= 11 is 0. The summed E-state index contributed by atoms with van der Waals surface area (Å²) in [6.45, 7) is 4.06. The Morgan fingerprint density at radius 1 is 1.00 bits per heavy atom. The Labute approximate surface area is 126 Å². The molecule has 3 nitrogen and oxygen atoms in total. The number of benzene rings is 1. The number of ketones is 2. The van der Waals surface area contributed by atoms with Crippen LogP contribution in [-0.4, -0.2) is 18.7 Å². The van der Waals surface area contributed by atoms with Gasteiger partial charge in [-0.1, -0.05) is 43.9 Å². The SMILES string of the molecule is CCCCCCC1=C(OC)C(=O)c2cc(C)ccc2C1=O. The van der Waals surface area contributed by atoms with Gasteiger partial charge in [-0.3, -0.25) is 9.59 Å². The first kappa shape index (κ1) is 15.5. The normalized spacial score (nSPS) is 14.4. The molecule has 1 aromatic rings. The minimum atomic E-state index is -0.165. The number of rotatable bonds is 6. The van der Waals surface area contributed by atoms with E-state index in [2.05, 4.69) is 6.92 Å². The molecular weight excluding hydrogens is 264 g/mol. The number of hydrogen-bond donors (Lipinski definition) is 0. The molecule has 0 saturated carbocycles. The van der Waals surface area contributed by atoms with E-state index in [4.69, 9.17) is 4.74 Å². The third kappa shape index (κ3) is 3.07. The zero-order valence-electron chi connectivity index (χ0n) is 13.0. The van der Waals surface area contributed by atoms with Crippen LogP contribution in [0.1, 0.15) is 65.3 Å². The second kappa shape index (κ2) is 6.70. The van der Waals surface area contributed by atoms with Gasteiger partial charge in [-0.05, 0) is 25.8 Å². The highest BCUT2D eigenvalue weighted by Gasteiger charge is 2.32. The summed E-state index contributed by atoms with van der Waals surface area (Å²) in [7, 11) is 1.47. The maximum atomic E-state index is 12.6. The van der Waals surface area contributed by atoms with Gasteiger partial charge in [0, 0.05) is 16.7 Å². The molecule has 0 aromatic heterocycles. The number of allylic oxidation sites excluding steroid dienone is 2. The third-order valence-electron chi connectivity index (χ3n) is 3.90. The van der Waals surface area contributed by atoms with E-state index in [-0.39, 0.29) is 17.3 Å². The summed E-state index contributed by atoms with van der Waals surface area (Å²) in [5.74, 6) is 0.00818. The molecule has 1 aliphatic rings. The van der Waals surface area contributed by atoms with Crippen LogP contribution in [0.15, 0.2) is 29.5 Å². The van der Waals surface area contributed by atoms with E-state index in [9.17, 15) is 9.59 Å². The monoisotopic (exact) mass is 286 g/mol. The van der Waals surface area contributed by atoms with Crippen molar-refractivity contribution in [1.29, 1.82) is 0 Å². The quantitative estimate of drug-likeness (QED) is 0.734. The molecule has 1 aromatic carbocycles. The number of methoxy groups -OCH3 is 1. The Morgan fingerprint density at radius 2 is 1.76 bits per heavy atom. The van der Waals surface area contributed by atoms with Crippen molar-refractivity contribution in [3.8, 4) is 0 Å². The summed E-state index contributed by atoms with van der Waals surface area (Å²) in [5, 5.41) is 0. The van der Waals surface area contributed by atoms with Gasteiger partial charge in [0.05, 0.1) is 7.11 Å². The molecule has 0 heterocycles. The van der Waals surface area contributed by atoms with Crippen LogP contribution in [0.25, 0.3) is 0 Å². The van der Waals surface area contributed by atoms with Crippen LogP contribution >= 0.6 is 0 Å². The molecule has 3 heteroatoms. The minimum absolute atomic E-state index is 0.0575. The molecular formula is C18H22O3. The fraction of sp³-hybridized carbons (Fsp3) is 0.444. The Kier molecular flexibility index (Phi) is 4.94. The molecule has 0 aliphatic heterocycles. The molecule has 0 unspecified atom stereocenters. The second-order valence-electron chi connectivity index (χ2n) is 5.53. The van der Waals surface area contributed by atoms with Gasteiger partial charge in [0.25, 0.3) is 0 Å². The summed E-state index contributed by atoms with van der Waals surface area (Å²) in [6, 6.07) is 5.39. The average Bonchev–Trinajstić information content (AvgIpc) is 2.48. The van der Waals surface area contributed by atoms with Crippen molar-refractivity contribution >= 4 is 11.6 Å². The van der Waals surface area contributed by atoms with Gasteiger partial charge < -0.3 is 4.74 Å². The first-order chi connectivity index (χ1) is 10.1. The summed E-state index contributed by atoms with van der Waals surface area (Å²) in [5.41, 5.74) is 2.48. The van der Waals surface area contributed by atoms with Crippen molar-refractivity contribution < 1.29 is 14.3 Å². The van der Waals surface area contributed by atoms with Crippen LogP contribution in [0, 0.1) is 6.92 Å². The maximum Gasteiger partial charge on any atom is 0.228 e. The smallest absolute Gasteiger partial charge is 0.228 e. The zero-order chi connectivity index (χ0) is 15.4. The number of carbonyl (C=O) groups excluding carboxylic acids is 2. The highest BCUT2D eigenvalue weighted by Crippen LogP contribution is 2.30. The number of carbonyl (C=O) groups is 2. The molecule has 1 aliphatic carbocycles. The number of ether oxygens (including phenoxy) is 1. The fourth-order valence-corrected chi connectivity index (χ4v) is 2.74. The molecule has 0 radical (unpaired) electrons. The van der Waals surface area contributed by atoms with E-state index in [1.165, 1.54) is 7.11 Å². The van der Waals surface area contributed by atoms with Crippen LogP contribution in [-0.2, 0) is 4.74 Å². The average molecular weight is 286 g/mol. The standard InChI is InChI=1S/C18H22O3/c1-4-5-6-7-8-14-16(19)13-10-9-12(2)11-15(13)17(20)18(14)21-3/h9-11H,4-8H2,1-3H3. The van der Waals surface area contributed by atoms with Gasteiger partial charge >= 0.3 is 0 Å². The first-order valence-corrected chi connectivity index (χ1v) is 7.57. The lowest BCUT2D eigenvalue weighted by molar-refractivity contribution is 0.0902. The van der Waals surface area contributed by atoms with Crippen LogP contribution in [0.2, 0.25) is 0 Å². The summed E-state index contributed by atoms with van der Waals surface area (Å²) < 4.78 is 5.25. The molecule has 0 saturated heterocycles. The largest absolute Gasteiger partial charge is 0.492 e. The van der Waals surface area contributed by atoms with E-state index in [1.54, 1.807) is 12.1 Å². The van der Waals surface area contributed by atoms with Crippen molar-refractivity contribution in [3.05, 3.63) is 46.2 Å². The van der Waals surface area contributed by atoms with Gasteiger partial charge in [0.2, 0.25) is 5.78 Å². The molecule has 112 valence electrons. The van der Waals surface area contributed by atoms with E-state index < -0.39 is 0 Å². The van der Waals surface area contributed by atoms with Crippen molar-refractivity contribution in [3.63, 3.8) is 0 Å². The highest BCUT2D eigenvalue weighted by molar-refractivity contribution is 6.26. The zero-order valence-corrected chi connectivity index (χ0v) is 13.0. The predicted octanol–water partition coefficient (Wildman–Crippen LogP) is 4.24. The Bertz CT molecular complexity index is 596. The number of hydrogen-bond acceptors (Lipinski definition) is 3.